The van der Waals surface area contributed by atoms with E-state index < -0.39 is 20.2 Å². The van der Waals surface area contributed by atoms with Crippen LogP contribution >= 0.6 is 8.17 Å². The predicted octanol–water partition coefficient (Wildman–Crippen LogP) is 3.70. The molecule has 0 amide bonds. The average Bonchev–Trinajstić information content (AvgIpc) is 2.42. The van der Waals surface area contributed by atoms with Gasteiger partial charge in [-0.3, -0.25) is 4.52 Å². The highest BCUT2D eigenvalue weighted by Crippen LogP contribution is 2.29. The second kappa shape index (κ2) is 7.41. The van der Waals surface area contributed by atoms with E-state index in [9.17, 15) is 9.69 Å². The Morgan fingerprint density at radius 3 is 2.39 bits per heavy atom. The van der Waals surface area contributed by atoms with Gasteiger partial charge in [-0.2, -0.15) is 0 Å². The average molecular weight is 337 g/mol. The van der Waals surface area contributed by atoms with Crippen molar-refractivity contribution in [2.75, 3.05) is 0 Å². The van der Waals surface area contributed by atoms with Gasteiger partial charge < -0.3 is 9.63 Å². The van der Waals surface area contributed by atoms with Crippen molar-refractivity contribution in [2.45, 2.75) is 64.5 Å². The molecule has 6 heteroatoms. The van der Waals surface area contributed by atoms with Crippen molar-refractivity contribution in [3.8, 4) is 5.75 Å². The molecule has 0 aliphatic heterocycles. The van der Waals surface area contributed by atoms with Crippen molar-refractivity contribution in [1.82, 2.24) is 0 Å². The summed E-state index contributed by atoms with van der Waals surface area (Å²) in [4.78, 5) is 23.7. The van der Waals surface area contributed by atoms with E-state index in [1.807, 2.05) is 12.1 Å². The molecule has 0 N–H and O–H groups in total. The Balaban J connectivity index is 1.91. The van der Waals surface area contributed by atoms with Crippen LogP contribution in [0.1, 0.15) is 52.5 Å². The predicted molar refractivity (Wildman–Crippen MR) is 88.3 cm³/mol. The maximum atomic E-state index is 11.9. The molecule has 1 aromatic rings. The molecule has 0 spiro atoms. The van der Waals surface area contributed by atoms with Crippen molar-refractivity contribution in [3.05, 3.63) is 29.8 Å². The third kappa shape index (κ3) is 5.29. The molecule has 5 nitrogen and oxygen atoms in total. The minimum absolute atomic E-state index is 0.00360. The number of hydrogen-bond acceptors (Lipinski definition) is 5. The van der Waals surface area contributed by atoms with Gasteiger partial charge in [-0.1, -0.05) is 37.6 Å². The highest BCUT2D eigenvalue weighted by molar-refractivity contribution is 7.34. The maximum absolute atomic E-state index is 11.9. The molecule has 0 heterocycles. The smallest absolute Gasteiger partial charge is 0.395 e. The van der Waals surface area contributed by atoms with Gasteiger partial charge in [-0.15, -0.1) is 0 Å². The summed E-state index contributed by atoms with van der Waals surface area (Å²) in [5, 5.41) is 0. The summed E-state index contributed by atoms with van der Waals surface area (Å²) < 4.78 is 14.4. The van der Waals surface area contributed by atoms with E-state index in [2.05, 4.69) is 25.5 Å². The summed E-state index contributed by atoms with van der Waals surface area (Å²) >= 11 is 0. The van der Waals surface area contributed by atoms with Crippen LogP contribution in [0.3, 0.4) is 0 Å². The van der Waals surface area contributed by atoms with Crippen LogP contribution < -0.4 is 9.42 Å². The Kier molecular flexibility index (Phi) is 5.77. The lowest BCUT2D eigenvalue weighted by molar-refractivity contribution is -0.170. The van der Waals surface area contributed by atoms with Crippen LogP contribution in [0.2, 0.25) is 0 Å². The van der Waals surface area contributed by atoms with E-state index in [0.29, 0.717) is 5.75 Å². The molecule has 1 aliphatic rings. The SMILES string of the molecule is C[C@H](N=[P+]([O-])Oc1ccc(C(C)(C)C)cc1)C(=O)OC1CCC1. The molecule has 0 bridgehead atoms. The molecule has 1 aliphatic carbocycles. The lowest BCUT2D eigenvalue weighted by Gasteiger charge is -2.25. The molecule has 0 saturated heterocycles. The molecule has 0 radical (unpaired) electrons. The highest BCUT2D eigenvalue weighted by Gasteiger charge is 2.26. The maximum Gasteiger partial charge on any atom is 0.395 e. The van der Waals surface area contributed by atoms with Crippen LogP contribution in [-0.2, 0) is 14.9 Å². The monoisotopic (exact) mass is 337 g/mol. The number of hydrogen-bond donors (Lipinski definition) is 0. The zero-order chi connectivity index (χ0) is 17.0. The number of esters is 1. The zero-order valence-corrected chi connectivity index (χ0v) is 15.0. The minimum atomic E-state index is -2.30. The quantitative estimate of drug-likeness (QED) is 0.607. The topological polar surface area (TPSA) is 71.0 Å². The molecular weight excluding hydrogens is 313 g/mol. The molecule has 2 rings (SSSR count). The van der Waals surface area contributed by atoms with Crippen LogP contribution in [0.25, 0.3) is 0 Å². The lowest BCUT2D eigenvalue weighted by Crippen LogP contribution is -2.29. The normalized spacial score (nSPS) is 17.3. The molecule has 126 valence electrons. The molecule has 2 atom stereocenters. The van der Waals surface area contributed by atoms with Gasteiger partial charge in [0, 0.05) is 0 Å². The van der Waals surface area contributed by atoms with E-state index >= 15 is 0 Å². The first-order valence-corrected chi connectivity index (χ1v) is 9.06. The highest BCUT2D eigenvalue weighted by atomic mass is 31.1. The summed E-state index contributed by atoms with van der Waals surface area (Å²) in [6.07, 6.45) is 2.90. The van der Waals surface area contributed by atoms with Gasteiger partial charge in [0.1, 0.15) is 6.10 Å². The Morgan fingerprint density at radius 1 is 1.30 bits per heavy atom. The molecule has 23 heavy (non-hydrogen) atoms. The first kappa shape index (κ1) is 17.9. The second-order valence-electron chi connectivity index (χ2n) is 6.88. The van der Waals surface area contributed by atoms with Gasteiger partial charge in [0.15, 0.2) is 11.8 Å². The molecule has 0 aromatic heterocycles. The van der Waals surface area contributed by atoms with E-state index in [-0.39, 0.29) is 11.5 Å². The Labute approximate surface area is 138 Å². The van der Waals surface area contributed by atoms with Crippen molar-refractivity contribution in [1.29, 1.82) is 0 Å². The van der Waals surface area contributed by atoms with E-state index in [0.717, 1.165) is 24.8 Å². The third-order valence-electron chi connectivity index (χ3n) is 3.85. The van der Waals surface area contributed by atoms with Crippen molar-refractivity contribution in [3.63, 3.8) is 0 Å². The molecular formula is C17H24NO4P. The first-order chi connectivity index (χ1) is 10.8. The van der Waals surface area contributed by atoms with Gasteiger partial charge in [-0.25, -0.2) is 4.79 Å². The summed E-state index contributed by atoms with van der Waals surface area (Å²) in [5.41, 5.74) is 1.21. The van der Waals surface area contributed by atoms with Gasteiger partial charge >= 0.3 is 14.1 Å². The van der Waals surface area contributed by atoms with E-state index in [1.54, 1.807) is 19.1 Å². The largest absolute Gasteiger partial charge is 0.575 e. The molecule has 1 aromatic carbocycles. The Hall–Kier alpha value is -1.45. The third-order valence-corrected chi connectivity index (χ3v) is 4.75. The van der Waals surface area contributed by atoms with Crippen LogP contribution in [0.5, 0.6) is 5.75 Å². The second-order valence-corrected chi connectivity index (χ2v) is 7.77. The number of ether oxygens (including phenoxy) is 1. The molecule has 1 fully saturated rings. The number of carbonyl (C=O) groups excluding carboxylic acids is 1. The standard InChI is InChI=1S/C17H24NO4P/c1-12(16(19)21-14-6-5-7-14)18-23(20)22-15-10-8-13(9-11-15)17(2,3)4/h8-12,14H,5-7H2,1-4H3/t12-/m0/s1. The number of nitrogens with zero attached hydrogens (tertiary/aromatic N) is 1. The Bertz CT molecular complexity index is 573. The fraction of sp³-hybridized carbons (Fsp3) is 0.588. The van der Waals surface area contributed by atoms with Crippen LogP contribution in [-0.4, -0.2) is 18.1 Å². The van der Waals surface area contributed by atoms with Crippen LogP contribution in [0.15, 0.2) is 29.0 Å². The number of carbonyl (C=O) groups is 1. The molecule has 1 unspecified atom stereocenters. The van der Waals surface area contributed by atoms with Crippen LogP contribution in [0, 0.1) is 0 Å². The molecule has 1 saturated carbocycles. The first-order valence-electron chi connectivity index (χ1n) is 7.93. The van der Waals surface area contributed by atoms with Crippen molar-refractivity contribution >= 4 is 14.1 Å². The van der Waals surface area contributed by atoms with Gasteiger partial charge in [-0.05, 0) is 49.3 Å². The number of benzene rings is 1. The summed E-state index contributed by atoms with van der Waals surface area (Å²) in [7, 11) is -2.30. The fourth-order valence-corrected chi connectivity index (χ4v) is 2.80. The van der Waals surface area contributed by atoms with Crippen molar-refractivity contribution in [2.24, 2.45) is 4.74 Å². The van der Waals surface area contributed by atoms with Gasteiger partial charge in [0.05, 0.1) is 0 Å². The lowest BCUT2D eigenvalue weighted by atomic mass is 9.87. The van der Waals surface area contributed by atoms with Gasteiger partial charge in [0.25, 0.3) is 0 Å². The summed E-state index contributed by atoms with van der Waals surface area (Å²) in [6, 6.07) is 6.62. The summed E-state index contributed by atoms with van der Waals surface area (Å²) in [6.45, 7) is 7.93. The number of rotatable bonds is 5. The van der Waals surface area contributed by atoms with E-state index in [1.165, 1.54) is 0 Å². The zero-order valence-electron chi connectivity index (χ0n) is 14.1. The summed E-state index contributed by atoms with van der Waals surface area (Å²) in [5.74, 6) is 0.0344. The Morgan fingerprint density at radius 2 is 1.91 bits per heavy atom. The van der Waals surface area contributed by atoms with Crippen LogP contribution in [0.4, 0.5) is 0 Å². The fourth-order valence-electron chi connectivity index (χ4n) is 2.07. The van der Waals surface area contributed by atoms with Gasteiger partial charge in [0.2, 0.25) is 0 Å². The van der Waals surface area contributed by atoms with E-state index in [4.69, 9.17) is 9.26 Å². The van der Waals surface area contributed by atoms with Crippen molar-refractivity contribution < 1.29 is 18.9 Å². The minimum Gasteiger partial charge on any atom is -0.575 e.